The highest BCUT2D eigenvalue weighted by molar-refractivity contribution is 5.87. The second-order valence-electron chi connectivity index (χ2n) is 3.63. The van der Waals surface area contributed by atoms with E-state index in [0.717, 1.165) is 5.56 Å². The molecule has 0 aromatic carbocycles. The van der Waals surface area contributed by atoms with Crippen molar-refractivity contribution in [1.82, 2.24) is 9.88 Å². The number of rotatable bonds is 2. The van der Waals surface area contributed by atoms with E-state index >= 15 is 0 Å². The molecule has 0 unspecified atom stereocenters. The number of ketones is 1. The average molecular weight is 220 g/mol. The number of carbonyl (C=O) groups is 2. The zero-order valence-corrected chi connectivity index (χ0v) is 8.76. The second kappa shape index (κ2) is 4.74. The molecule has 0 bridgehead atoms. The Bertz CT molecular complexity index is 391. The van der Waals surface area contributed by atoms with E-state index in [4.69, 9.17) is 4.74 Å². The van der Waals surface area contributed by atoms with Crippen LogP contribution in [0.1, 0.15) is 12.0 Å². The molecule has 0 spiro atoms. The van der Waals surface area contributed by atoms with Gasteiger partial charge in [-0.2, -0.15) is 0 Å². The van der Waals surface area contributed by atoms with Crippen LogP contribution in [0.15, 0.2) is 24.5 Å². The number of hydrogen-bond acceptors (Lipinski definition) is 4. The van der Waals surface area contributed by atoms with Gasteiger partial charge >= 0.3 is 6.09 Å². The molecule has 5 nitrogen and oxygen atoms in total. The van der Waals surface area contributed by atoms with Crippen LogP contribution >= 0.6 is 0 Å². The van der Waals surface area contributed by atoms with Crippen molar-refractivity contribution in [2.75, 3.05) is 13.1 Å². The molecule has 16 heavy (non-hydrogen) atoms. The molecule has 1 fully saturated rings. The van der Waals surface area contributed by atoms with Gasteiger partial charge in [-0.15, -0.1) is 0 Å². The van der Waals surface area contributed by atoms with Gasteiger partial charge < -0.3 is 9.64 Å². The Morgan fingerprint density at radius 1 is 1.56 bits per heavy atom. The number of ether oxygens (including phenoxy) is 1. The molecule has 0 radical (unpaired) electrons. The predicted octanol–water partition coefficient (Wildman–Crippen LogP) is 0.993. The Hall–Kier alpha value is -1.91. The summed E-state index contributed by atoms with van der Waals surface area (Å²) in [4.78, 5) is 27.8. The first kappa shape index (κ1) is 10.6. The highest BCUT2D eigenvalue weighted by Crippen LogP contribution is 2.07. The lowest BCUT2D eigenvalue weighted by Gasteiger charge is -2.13. The molecule has 1 aromatic rings. The molecule has 2 heterocycles. The third-order valence-corrected chi connectivity index (χ3v) is 2.37. The Morgan fingerprint density at radius 2 is 2.44 bits per heavy atom. The van der Waals surface area contributed by atoms with E-state index in [2.05, 4.69) is 4.98 Å². The van der Waals surface area contributed by atoms with Crippen LogP contribution in [0.2, 0.25) is 0 Å². The summed E-state index contributed by atoms with van der Waals surface area (Å²) < 4.78 is 5.06. The minimum atomic E-state index is -0.435. The Morgan fingerprint density at radius 3 is 3.06 bits per heavy atom. The summed E-state index contributed by atoms with van der Waals surface area (Å²) in [7, 11) is 0. The first-order valence-electron chi connectivity index (χ1n) is 5.08. The van der Waals surface area contributed by atoms with Crippen molar-refractivity contribution in [2.24, 2.45) is 0 Å². The molecular formula is C11H12N2O3. The van der Waals surface area contributed by atoms with Gasteiger partial charge in [0.05, 0.1) is 6.54 Å². The third-order valence-electron chi connectivity index (χ3n) is 2.37. The van der Waals surface area contributed by atoms with Crippen molar-refractivity contribution >= 4 is 11.9 Å². The molecule has 1 amide bonds. The number of likely N-dealkylation sites (tertiary alicyclic amines) is 1. The SMILES string of the molecule is O=C1CCN(C(=O)OCc2cccnc2)C1. The molecule has 5 heteroatoms. The van der Waals surface area contributed by atoms with Crippen LogP contribution < -0.4 is 0 Å². The number of amides is 1. The largest absolute Gasteiger partial charge is 0.444 e. The fourth-order valence-corrected chi connectivity index (χ4v) is 1.51. The van der Waals surface area contributed by atoms with E-state index in [1.807, 2.05) is 6.07 Å². The van der Waals surface area contributed by atoms with Gasteiger partial charge in [0, 0.05) is 30.9 Å². The normalized spacial score (nSPS) is 15.2. The van der Waals surface area contributed by atoms with Gasteiger partial charge in [-0.05, 0) is 6.07 Å². The number of nitrogens with zero attached hydrogens (tertiary/aromatic N) is 2. The number of hydrogen-bond donors (Lipinski definition) is 0. The topological polar surface area (TPSA) is 59.5 Å². The molecule has 1 aliphatic rings. The molecule has 0 N–H and O–H groups in total. The number of Topliss-reactive ketones (excluding diaryl/α,β-unsaturated/α-hetero) is 1. The monoisotopic (exact) mass is 220 g/mol. The Labute approximate surface area is 93.0 Å². The smallest absolute Gasteiger partial charge is 0.410 e. The maximum absolute atomic E-state index is 11.5. The average Bonchev–Trinajstić information content (AvgIpc) is 2.74. The first-order chi connectivity index (χ1) is 7.75. The first-order valence-corrected chi connectivity index (χ1v) is 5.08. The second-order valence-corrected chi connectivity index (χ2v) is 3.63. The highest BCUT2D eigenvalue weighted by Gasteiger charge is 2.24. The van der Waals surface area contributed by atoms with E-state index in [1.54, 1.807) is 18.5 Å². The van der Waals surface area contributed by atoms with Crippen molar-refractivity contribution in [3.8, 4) is 0 Å². The van der Waals surface area contributed by atoms with E-state index in [1.165, 1.54) is 4.90 Å². The van der Waals surface area contributed by atoms with Gasteiger partial charge in [0.15, 0.2) is 5.78 Å². The van der Waals surface area contributed by atoms with Crippen molar-refractivity contribution < 1.29 is 14.3 Å². The van der Waals surface area contributed by atoms with Gasteiger partial charge in [0.2, 0.25) is 0 Å². The maximum Gasteiger partial charge on any atom is 0.410 e. The van der Waals surface area contributed by atoms with E-state index in [0.29, 0.717) is 13.0 Å². The Kier molecular flexibility index (Phi) is 3.14. The van der Waals surface area contributed by atoms with Crippen LogP contribution in [-0.2, 0) is 16.1 Å². The molecular weight excluding hydrogens is 208 g/mol. The summed E-state index contributed by atoms with van der Waals surface area (Å²) in [5.41, 5.74) is 0.835. The molecule has 84 valence electrons. The molecule has 2 rings (SSSR count). The summed E-state index contributed by atoms with van der Waals surface area (Å²) in [5.74, 6) is 0.0818. The fourth-order valence-electron chi connectivity index (χ4n) is 1.51. The minimum Gasteiger partial charge on any atom is -0.444 e. The van der Waals surface area contributed by atoms with Gasteiger partial charge in [-0.3, -0.25) is 9.78 Å². The van der Waals surface area contributed by atoms with Crippen LogP contribution in [0.25, 0.3) is 0 Å². The molecule has 0 saturated carbocycles. The minimum absolute atomic E-state index is 0.0818. The highest BCUT2D eigenvalue weighted by atomic mass is 16.6. The van der Waals surface area contributed by atoms with Crippen molar-refractivity contribution in [3.05, 3.63) is 30.1 Å². The van der Waals surface area contributed by atoms with Crippen LogP contribution in [0.3, 0.4) is 0 Å². The Balaban J connectivity index is 1.82. The molecule has 1 aliphatic heterocycles. The maximum atomic E-state index is 11.5. The summed E-state index contributed by atoms with van der Waals surface area (Å²) in [6, 6.07) is 3.61. The van der Waals surface area contributed by atoms with E-state index < -0.39 is 6.09 Å². The van der Waals surface area contributed by atoms with Crippen LogP contribution in [0, 0.1) is 0 Å². The lowest BCUT2D eigenvalue weighted by molar-refractivity contribution is -0.116. The molecule has 1 saturated heterocycles. The summed E-state index contributed by atoms with van der Waals surface area (Å²) in [6.45, 7) is 0.827. The summed E-state index contributed by atoms with van der Waals surface area (Å²) >= 11 is 0. The van der Waals surface area contributed by atoms with Crippen molar-refractivity contribution in [1.29, 1.82) is 0 Å². The van der Waals surface area contributed by atoms with Crippen LogP contribution in [0.5, 0.6) is 0 Å². The predicted molar refractivity (Wildman–Crippen MR) is 55.6 cm³/mol. The molecule has 1 aromatic heterocycles. The van der Waals surface area contributed by atoms with E-state index in [9.17, 15) is 9.59 Å². The standard InChI is InChI=1S/C11H12N2O3/c14-10-3-5-13(7-10)11(15)16-8-9-2-1-4-12-6-9/h1-2,4,6H,3,5,7-8H2. The fraction of sp³-hybridized carbons (Fsp3) is 0.364. The molecule has 0 atom stereocenters. The van der Waals surface area contributed by atoms with Crippen molar-refractivity contribution in [3.63, 3.8) is 0 Å². The lowest BCUT2D eigenvalue weighted by Crippen LogP contribution is -2.29. The lowest BCUT2D eigenvalue weighted by atomic mass is 10.3. The van der Waals surface area contributed by atoms with Crippen molar-refractivity contribution in [2.45, 2.75) is 13.0 Å². The number of carbonyl (C=O) groups excluding carboxylic acids is 2. The van der Waals surface area contributed by atoms with Gasteiger partial charge in [-0.25, -0.2) is 4.79 Å². The summed E-state index contributed by atoms with van der Waals surface area (Å²) in [5, 5.41) is 0. The zero-order valence-electron chi connectivity index (χ0n) is 8.76. The number of aromatic nitrogens is 1. The number of pyridine rings is 1. The van der Waals surface area contributed by atoms with Crippen LogP contribution in [-0.4, -0.2) is 34.8 Å². The van der Waals surface area contributed by atoms with Crippen LogP contribution in [0.4, 0.5) is 4.79 Å². The van der Waals surface area contributed by atoms with Gasteiger partial charge in [-0.1, -0.05) is 6.07 Å². The van der Waals surface area contributed by atoms with E-state index in [-0.39, 0.29) is 18.9 Å². The summed E-state index contributed by atoms with van der Waals surface area (Å²) in [6.07, 6.45) is 3.30. The van der Waals surface area contributed by atoms with Gasteiger partial charge in [0.1, 0.15) is 6.61 Å². The zero-order chi connectivity index (χ0) is 11.4. The quantitative estimate of drug-likeness (QED) is 0.745. The molecule has 0 aliphatic carbocycles. The van der Waals surface area contributed by atoms with Gasteiger partial charge in [0.25, 0.3) is 0 Å². The third kappa shape index (κ3) is 2.56.